The van der Waals surface area contributed by atoms with Crippen molar-refractivity contribution in [1.82, 2.24) is 4.90 Å². The first-order chi connectivity index (χ1) is 7.15. The van der Waals surface area contributed by atoms with Crippen molar-refractivity contribution in [3.63, 3.8) is 0 Å². The summed E-state index contributed by atoms with van der Waals surface area (Å²) >= 11 is 0. The Labute approximate surface area is 90.8 Å². The summed E-state index contributed by atoms with van der Waals surface area (Å²) in [7, 11) is 0. The molecule has 4 heteroatoms. The molecule has 1 unspecified atom stereocenters. The molecule has 1 amide bonds. The molecule has 1 aliphatic carbocycles. The number of hydrogen-bond acceptors (Lipinski definition) is 3. The Bertz CT molecular complexity index is 239. The lowest BCUT2D eigenvalue weighted by Crippen LogP contribution is -2.46. The summed E-state index contributed by atoms with van der Waals surface area (Å²) in [5, 5.41) is 0. The third-order valence-corrected chi connectivity index (χ3v) is 3.31. The highest BCUT2D eigenvalue weighted by Crippen LogP contribution is 2.23. The minimum atomic E-state index is -0.140. The molecule has 4 nitrogen and oxygen atoms in total. The standard InChI is InChI=1S/C11H20N2O2/c1-8-3-2-4-13(7-8)11(14)15-10-5-9(12)6-10/h8-10H,2-7,12H2,1H3. The maximum atomic E-state index is 11.7. The molecule has 1 saturated carbocycles. The summed E-state index contributed by atoms with van der Waals surface area (Å²) in [4.78, 5) is 13.5. The summed E-state index contributed by atoms with van der Waals surface area (Å²) in [5.74, 6) is 0.606. The molecule has 0 spiro atoms. The zero-order valence-electron chi connectivity index (χ0n) is 9.32. The quantitative estimate of drug-likeness (QED) is 0.713. The van der Waals surface area contributed by atoms with Crippen LogP contribution < -0.4 is 5.73 Å². The zero-order valence-corrected chi connectivity index (χ0v) is 9.32. The van der Waals surface area contributed by atoms with Gasteiger partial charge in [0.15, 0.2) is 0 Å². The van der Waals surface area contributed by atoms with Gasteiger partial charge in [-0.15, -0.1) is 0 Å². The number of nitrogens with zero attached hydrogens (tertiary/aromatic N) is 1. The average molecular weight is 212 g/mol. The van der Waals surface area contributed by atoms with E-state index in [-0.39, 0.29) is 18.2 Å². The van der Waals surface area contributed by atoms with Gasteiger partial charge in [-0.2, -0.15) is 0 Å². The van der Waals surface area contributed by atoms with Gasteiger partial charge in [-0.1, -0.05) is 6.92 Å². The van der Waals surface area contributed by atoms with Crippen LogP contribution in [0.15, 0.2) is 0 Å². The Hall–Kier alpha value is -0.770. The molecule has 0 aromatic carbocycles. The summed E-state index contributed by atoms with van der Waals surface area (Å²) in [5.41, 5.74) is 5.64. The van der Waals surface area contributed by atoms with Gasteiger partial charge in [0, 0.05) is 19.1 Å². The van der Waals surface area contributed by atoms with E-state index in [1.54, 1.807) is 0 Å². The first kappa shape index (κ1) is 10.7. The van der Waals surface area contributed by atoms with Crippen LogP contribution in [-0.2, 0) is 4.74 Å². The molecular weight excluding hydrogens is 192 g/mol. The van der Waals surface area contributed by atoms with Gasteiger partial charge in [0.1, 0.15) is 6.10 Å². The van der Waals surface area contributed by atoms with E-state index in [4.69, 9.17) is 10.5 Å². The second kappa shape index (κ2) is 4.39. The lowest BCUT2D eigenvalue weighted by atomic mass is 9.90. The van der Waals surface area contributed by atoms with Gasteiger partial charge in [0.2, 0.25) is 0 Å². The van der Waals surface area contributed by atoms with Crippen molar-refractivity contribution in [2.75, 3.05) is 13.1 Å². The van der Waals surface area contributed by atoms with E-state index in [0.717, 1.165) is 32.4 Å². The van der Waals surface area contributed by atoms with Crippen LogP contribution in [0.4, 0.5) is 4.79 Å². The zero-order chi connectivity index (χ0) is 10.8. The first-order valence-corrected chi connectivity index (χ1v) is 5.86. The fraction of sp³-hybridized carbons (Fsp3) is 0.909. The van der Waals surface area contributed by atoms with Gasteiger partial charge in [-0.25, -0.2) is 4.79 Å². The molecule has 1 aliphatic heterocycles. The number of carbonyl (C=O) groups excluding carboxylic acids is 1. The van der Waals surface area contributed by atoms with E-state index >= 15 is 0 Å². The second-order valence-electron chi connectivity index (χ2n) is 4.93. The molecule has 1 atom stereocenters. The van der Waals surface area contributed by atoms with Crippen molar-refractivity contribution >= 4 is 6.09 Å². The van der Waals surface area contributed by atoms with Crippen LogP contribution >= 0.6 is 0 Å². The van der Waals surface area contributed by atoms with Crippen molar-refractivity contribution in [1.29, 1.82) is 0 Å². The number of rotatable bonds is 1. The predicted molar refractivity (Wildman–Crippen MR) is 57.4 cm³/mol. The molecule has 1 saturated heterocycles. The number of ether oxygens (including phenoxy) is 1. The Balaban J connectivity index is 1.75. The Kier molecular flexibility index (Phi) is 3.14. The average Bonchev–Trinajstić information content (AvgIpc) is 2.15. The highest BCUT2D eigenvalue weighted by molar-refractivity contribution is 5.68. The Morgan fingerprint density at radius 1 is 1.47 bits per heavy atom. The highest BCUT2D eigenvalue weighted by Gasteiger charge is 2.31. The Morgan fingerprint density at radius 3 is 2.80 bits per heavy atom. The van der Waals surface area contributed by atoms with Gasteiger partial charge in [-0.3, -0.25) is 0 Å². The molecular formula is C11H20N2O2. The van der Waals surface area contributed by atoms with Gasteiger partial charge in [0.05, 0.1) is 0 Å². The molecule has 86 valence electrons. The second-order valence-corrected chi connectivity index (χ2v) is 4.93. The molecule has 0 bridgehead atoms. The minimum Gasteiger partial charge on any atom is -0.446 e. The largest absolute Gasteiger partial charge is 0.446 e. The molecule has 2 N–H and O–H groups in total. The van der Waals surface area contributed by atoms with E-state index < -0.39 is 0 Å². The molecule has 2 aliphatic rings. The van der Waals surface area contributed by atoms with Crippen LogP contribution in [0.2, 0.25) is 0 Å². The summed E-state index contributed by atoms with van der Waals surface area (Å²) < 4.78 is 5.35. The van der Waals surface area contributed by atoms with Crippen molar-refractivity contribution < 1.29 is 9.53 Å². The van der Waals surface area contributed by atoms with Crippen LogP contribution in [0.3, 0.4) is 0 Å². The van der Waals surface area contributed by atoms with Crippen LogP contribution in [0.5, 0.6) is 0 Å². The predicted octanol–water partition coefficient (Wildman–Crippen LogP) is 1.34. The number of carbonyl (C=O) groups is 1. The fourth-order valence-corrected chi connectivity index (χ4v) is 2.27. The number of nitrogens with two attached hydrogens (primary N) is 1. The molecule has 0 radical (unpaired) electrons. The normalized spacial score (nSPS) is 35.9. The van der Waals surface area contributed by atoms with Crippen LogP contribution in [-0.4, -0.2) is 36.2 Å². The fourth-order valence-electron chi connectivity index (χ4n) is 2.27. The first-order valence-electron chi connectivity index (χ1n) is 5.86. The lowest BCUT2D eigenvalue weighted by Gasteiger charge is -2.36. The minimum absolute atomic E-state index is 0.0738. The van der Waals surface area contributed by atoms with E-state index in [1.165, 1.54) is 6.42 Å². The van der Waals surface area contributed by atoms with Crippen molar-refractivity contribution in [2.45, 2.75) is 44.8 Å². The molecule has 15 heavy (non-hydrogen) atoms. The molecule has 0 aromatic heterocycles. The van der Waals surface area contributed by atoms with E-state index in [2.05, 4.69) is 6.92 Å². The number of hydrogen-bond donors (Lipinski definition) is 1. The van der Waals surface area contributed by atoms with Gasteiger partial charge in [0.25, 0.3) is 0 Å². The highest BCUT2D eigenvalue weighted by atomic mass is 16.6. The maximum Gasteiger partial charge on any atom is 0.410 e. The topological polar surface area (TPSA) is 55.6 Å². The third kappa shape index (κ3) is 2.62. The number of piperidine rings is 1. The monoisotopic (exact) mass is 212 g/mol. The number of likely N-dealkylation sites (tertiary alicyclic amines) is 1. The Morgan fingerprint density at radius 2 is 2.20 bits per heavy atom. The third-order valence-electron chi connectivity index (χ3n) is 3.31. The van der Waals surface area contributed by atoms with Crippen molar-refractivity contribution in [3.8, 4) is 0 Å². The lowest BCUT2D eigenvalue weighted by molar-refractivity contribution is 0.0117. The number of amides is 1. The molecule has 2 fully saturated rings. The van der Waals surface area contributed by atoms with Gasteiger partial charge < -0.3 is 15.4 Å². The van der Waals surface area contributed by atoms with Crippen LogP contribution in [0.25, 0.3) is 0 Å². The van der Waals surface area contributed by atoms with Gasteiger partial charge >= 0.3 is 6.09 Å². The smallest absolute Gasteiger partial charge is 0.410 e. The molecule has 0 aromatic rings. The van der Waals surface area contributed by atoms with Crippen LogP contribution in [0, 0.1) is 5.92 Å². The summed E-state index contributed by atoms with van der Waals surface area (Å²) in [6, 6.07) is 0.239. The molecule has 1 heterocycles. The van der Waals surface area contributed by atoms with Crippen LogP contribution in [0.1, 0.15) is 32.6 Å². The van der Waals surface area contributed by atoms with E-state index in [1.807, 2.05) is 4.90 Å². The van der Waals surface area contributed by atoms with Crippen molar-refractivity contribution in [2.24, 2.45) is 11.7 Å². The van der Waals surface area contributed by atoms with E-state index in [0.29, 0.717) is 5.92 Å². The maximum absolute atomic E-state index is 11.7. The van der Waals surface area contributed by atoms with Gasteiger partial charge in [-0.05, 0) is 31.6 Å². The summed E-state index contributed by atoms with van der Waals surface area (Å²) in [6.07, 6.45) is 3.91. The molecule has 2 rings (SSSR count). The summed E-state index contributed by atoms with van der Waals surface area (Å²) in [6.45, 7) is 3.87. The van der Waals surface area contributed by atoms with Crippen molar-refractivity contribution in [3.05, 3.63) is 0 Å². The SMILES string of the molecule is CC1CCCN(C(=O)OC2CC(N)C2)C1. The van der Waals surface area contributed by atoms with E-state index in [9.17, 15) is 4.79 Å².